The molecular weight excluding hydrogens is 226 g/mol. The minimum Gasteiger partial charge on any atom is -0.493 e. The van der Waals surface area contributed by atoms with Crippen molar-refractivity contribution in [3.63, 3.8) is 0 Å². The number of hydrogen-bond donors (Lipinski definition) is 2. The molecule has 5 nitrogen and oxygen atoms in total. The summed E-state index contributed by atoms with van der Waals surface area (Å²) in [6, 6.07) is 7.20. The van der Waals surface area contributed by atoms with Gasteiger partial charge in [0.2, 0.25) is 5.89 Å². The minimum atomic E-state index is 0.280. The summed E-state index contributed by atoms with van der Waals surface area (Å²) >= 11 is 4.75. The van der Waals surface area contributed by atoms with Crippen molar-refractivity contribution in [2.24, 2.45) is 0 Å². The molecule has 0 aliphatic heterocycles. The number of nitrogen functional groups attached to an aromatic ring is 1. The summed E-state index contributed by atoms with van der Waals surface area (Å²) in [6.45, 7) is 0.479. The van der Waals surface area contributed by atoms with Crippen LogP contribution in [0.3, 0.4) is 0 Å². The maximum absolute atomic E-state index is 5.55. The fourth-order valence-corrected chi connectivity index (χ4v) is 1.33. The van der Waals surface area contributed by atoms with Crippen molar-refractivity contribution in [3.8, 4) is 5.75 Å². The van der Waals surface area contributed by atoms with Gasteiger partial charge in [-0.3, -0.25) is 0 Å². The van der Waals surface area contributed by atoms with E-state index >= 15 is 0 Å². The Morgan fingerprint density at radius 1 is 1.38 bits per heavy atom. The summed E-state index contributed by atoms with van der Waals surface area (Å²) in [5.41, 5.74) is 6.27. The Bertz CT molecular complexity index is 503. The molecule has 16 heavy (non-hydrogen) atoms. The highest BCUT2D eigenvalue weighted by Gasteiger charge is 2.00. The molecule has 0 aliphatic rings. The minimum absolute atomic E-state index is 0.280. The standard InChI is InChI=1S/C10H11N3O2S/c11-7-1-3-8(4-2-7)14-6-5-9-12-13-10(16)15-9/h1-4H,5-6,11H2,(H,13,16). The highest BCUT2D eigenvalue weighted by Crippen LogP contribution is 2.13. The van der Waals surface area contributed by atoms with E-state index in [0.717, 1.165) is 5.75 Å². The molecule has 1 aromatic carbocycles. The second-order valence-corrected chi connectivity index (χ2v) is 3.55. The quantitative estimate of drug-likeness (QED) is 0.627. The summed E-state index contributed by atoms with van der Waals surface area (Å²) in [6.07, 6.45) is 0.567. The highest BCUT2D eigenvalue weighted by atomic mass is 32.1. The molecule has 0 unspecified atom stereocenters. The molecule has 0 amide bonds. The van der Waals surface area contributed by atoms with Crippen LogP contribution in [0.25, 0.3) is 0 Å². The predicted octanol–water partition coefficient (Wildman–Crippen LogP) is 1.94. The van der Waals surface area contributed by atoms with E-state index in [2.05, 4.69) is 10.2 Å². The molecular formula is C10H11N3O2S. The van der Waals surface area contributed by atoms with E-state index in [1.807, 2.05) is 12.1 Å². The SMILES string of the molecule is Nc1ccc(OCCc2n[nH]c(=S)o2)cc1. The smallest absolute Gasteiger partial charge is 0.284 e. The molecule has 0 atom stereocenters. The van der Waals surface area contributed by atoms with Crippen LogP contribution < -0.4 is 10.5 Å². The van der Waals surface area contributed by atoms with Crippen LogP contribution in [-0.4, -0.2) is 16.8 Å². The Hall–Kier alpha value is -1.82. The van der Waals surface area contributed by atoms with Crippen LogP contribution in [0, 0.1) is 4.84 Å². The van der Waals surface area contributed by atoms with E-state index in [-0.39, 0.29) is 4.84 Å². The second-order valence-electron chi connectivity index (χ2n) is 3.17. The first kappa shape index (κ1) is 10.7. The van der Waals surface area contributed by atoms with Gasteiger partial charge in [-0.2, -0.15) is 0 Å². The van der Waals surface area contributed by atoms with Crippen molar-refractivity contribution in [3.05, 3.63) is 35.0 Å². The number of nitrogens with one attached hydrogen (secondary N) is 1. The molecule has 1 aromatic heterocycles. The first-order valence-electron chi connectivity index (χ1n) is 4.77. The number of H-pyrrole nitrogens is 1. The molecule has 84 valence electrons. The zero-order valence-electron chi connectivity index (χ0n) is 8.47. The Labute approximate surface area is 97.2 Å². The highest BCUT2D eigenvalue weighted by molar-refractivity contribution is 7.71. The number of anilines is 1. The monoisotopic (exact) mass is 237 g/mol. The third-order valence-corrected chi connectivity index (χ3v) is 2.12. The summed E-state index contributed by atoms with van der Waals surface area (Å²) in [5.74, 6) is 1.31. The van der Waals surface area contributed by atoms with E-state index in [9.17, 15) is 0 Å². The zero-order valence-corrected chi connectivity index (χ0v) is 9.29. The van der Waals surface area contributed by atoms with Crippen LogP contribution >= 0.6 is 12.2 Å². The maximum Gasteiger partial charge on any atom is 0.284 e. The second kappa shape index (κ2) is 4.80. The molecule has 0 fully saturated rings. The molecule has 0 saturated carbocycles. The van der Waals surface area contributed by atoms with Crippen molar-refractivity contribution in [2.45, 2.75) is 6.42 Å². The van der Waals surface area contributed by atoms with Gasteiger partial charge in [-0.25, -0.2) is 5.10 Å². The number of nitrogens with two attached hydrogens (primary N) is 1. The third kappa shape index (κ3) is 2.83. The molecule has 0 spiro atoms. The summed E-state index contributed by atoms with van der Waals surface area (Å²) in [5, 5.41) is 6.42. The third-order valence-electron chi connectivity index (χ3n) is 1.95. The largest absolute Gasteiger partial charge is 0.493 e. The topological polar surface area (TPSA) is 77.1 Å². The van der Waals surface area contributed by atoms with E-state index < -0.39 is 0 Å². The van der Waals surface area contributed by atoms with E-state index in [1.54, 1.807) is 12.1 Å². The number of aromatic amines is 1. The van der Waals surface area contributed by atoms with Crippen LogP contribution in [-0.2, 0) is 6.42 Å². The lowest BCUT2D eigenvalue weighted by molar-refractivity contribution is 0.305. The van der Waals surface area contributed by atoms with Crippen LogP contribution in [0.15, 0.2) is 28.7 Å². The van der Waals surface area contributed by atoms with Gasteiger partial charge in [-0.05, 0) is 36.5 Å². The molecule has 1 heterocycles. The number of aromatic nitrogens is 2. The van der Waals surface area contributed by atoms with Crippen LogP contribution in [0.4, 0.5) is 5.69 Å². The molecule has 0 bridgehead atoms. The van der Waals surface area contributed by atoms with Crippen molar-refractivity contribution in [1.29, 1.82) is 0 Å². The Morgan fingerprint density at radius 3 is 2.75 bits per heavy atom. The van der Waals surface area contributed by atoms with Crippen LogP contribution in [0.5, 0.6) is 5.75 Å². The number of ether oxygens (including phenoxy) is 1. The Kier molecular flexibility index (Phi) is 3.21. The molecule has 6 heteroatoms. The van der Waals surface area contributed by atoms with Crippen molar-refractivity contribution < 1.29 is 9.15 Å². The van der Waals surface area contributed by atoms with Gasteiger partial charge in [0.05, 0.1) is 13.0 Å². The van der Waals surface area contributed by atoms with Gasteiger partial charge in [0, 0.05) is 5.69 Å². The lowest BCUT2D eigenvalue weighted by Crippen LogP contribution is -2.01. The number of hydrogen-bond acceptors (Lipinski definition) is 5. The number of rotatable bonds is 4. The summed E-state index contributed by atoms with van der Waals surface area (Å²) in [4.78, 5) is 0.280. The lowest BCUT2D eigenvalue weighted by Gasteiger charge is -2.04. The van der Waals surface area contributed by atoms with Crippen molar-refractivity contribution in [2.75, 3.05) is 12.3 Å². The summed E-state index contributed by atoms with van der Waals surface area (Å²) < 4.78 is 10.6. The fraction of sp³-hybridized carbons (Fsp3) is 0.200. The van der Waals surface area contributed by atoms with E-state index in [0.29, 0.717) is 24.6 Å². The molecule has 2 rings (SSSR count). The maximum atomic E-state index is 5.55. The van der Waals surface area contributed by atoms with Crippen molar-refractivity contribution >= 4 is 17.9 Å². The molecule has 0 aliphatic carbocycles. The van der Waals surface area contributed by atoms with Gasteiger partial charge in [0.1, 0.15) is 5.75 Å². The first-order chi connectivity index (χ1) is 7.74. The van der Waals surface area contributed by atoms with E-state index in [1.165, 1.54) is 0 Å². The first-order valence-corrected chi connectivity index (χ1v) is 5.17. The predicted molar refractivity (Wildman–Crippen MR) is 61.7 cm³/mol. The molecule has 3 N–H and O–H groups in total. The molecule has 2 aromatic rings. The zero-order chi connectivity index (χ0) is 11.4. The van der Waals surface area contributed by atoms with Gasteiger partial charge in [-0.15, -0.1) is 5.10 Å². The number of benzene rings is 1. The number of nitrogens with zero attached hydrogens (tertiary/aromatic N) is 1. The van der Waals surface area contributed by atoms with Gasteiger partial charge in [-0.1, -0.05) is 0 Å². The van der Waals surface area contributed by atoms with Crippen LogP contribution in [0.1, 0.15) is 5.89 Å². The van der Waals surface area contributed by atoms with E-state index in [4.69, 9.17) is 27.1 Å². The Balaban J connectivity index is 1.84. The molecule has 0 radical (unpaired) electrons. The van der Waals surface area contributed by atoms with Gasteiger partial charge in [0.25, 0.3) is 4.84 Å². The Morgan fingerprint density at radius 2 is 2.12 bits per heavy atom. The van der Waals surface area contributed by atoms with Gasteiger partial charge >= 0.3 is 0 Å². The van der Waals surface area contributed by atoms with Crippen LogP contribution in [0.2, 0.25) is 0 Å². The summed E-state index contributed by atoms with van der Waals surface area (Å²) in [7, 11) is 0. The van der Waals surface area contributed by atoms with Gasteiger partial charge in [0.15, 0.2) is 0 Å². The average Bonchev–Trinajstić information content (AvgIpc) is 2.67. The average molecular weight is 237 g/mol. The molecule has 0 saturated heterocycles. The fourth-order valence-electron chi connectivity index (χ4n) is 1.19. The van der Waals surface area contributed by atoms with Crippen molar-refractivity contribution in [1.82, 2.24) is 10.2 Å². The normalized spacial score (nSPS) is 10.2. The van der Waals surface area contributed by atoms with Gasteiger partial charge < -0.3 is 14.9 Å². The lowest BCUT2D eigenvalue weighted by atomic mass is 10.3.